The third-order valence-corrected chi connectivity index (χ3v) is 4.17. The van der Waals surface area contributed by atoms with Gasteiger partial charge in [0.05, 0.1) is 11.3 Å². The van der Waals surface area contributed by atoms with Gasteiger partial charge < -0.3 is 10.4 Å². The molecule has 0 unspecified atom stereocenters. The number of nitrogens with one attached hydrogen (secondary N) is 1. The average Bonchev–Trinajstić information content (AvgIpc) is 3.18. The second kappa shape index (κ2) is 5.70. The zero-order valence-corrected chi connectivity index (χ0v) is 13.0. The first-order valence-electron chi connectivity index (χ1n) is 7.69. The van der Waals surface area contributed by atoms with E-state index in [1.165, 1.54) is 24.3 Å². The molecule has 0 spiro atoms. The first-order valence-corrected chi connectivity index (χ1v) is 7.69. The van der Waals surface area contributed by atoms with Crippen LogP contribution in [0.3, 0.4) is 0 Å². The highest BCUT2D eigenvalue weighted by molar-refractivity contribution is 5.88. The van der Waals surface area contributed by atoms with Crippen LogP contribution in [0.5, 0.6) is 0 Å². The Hall–Kier alpha value is -3.22. The summed E-state index contributed by atoms with van der Waals surface area (Å²) in [5, 5.41) is 16.8. The minimum Gasteiger partial charge on any atom is -0.478 e. The van der Waals surface area contributed by atoms with Crippen molar-refractivity contribution in [2.24, 2.45) is 0 Å². The maximum absolute atomic E-state index is 14.2. The Kier molecular flexibility index (Phi) is 3.49. The lowest BCUT2D eigenvalue weighted by molar-refractivity contribution is 0.0697. The van der Waals surface area contributed by atoms with Crippen LogP contribution in [-0.2, 0) is 6.42 Å². The molecule has 1 aliphatic rings. The monoisotopic (exact) mass is 341 g/mol. The van der Waals surface area contributed by atoms with Gasteiger partial charge in [0.15, 0.2) is 0 Å². The smallest absolute Gasteiger partial charge is 0.335 e. The summed E-state index contributed by atoms with van der Waals surface area (Å²) in [7, 11) is 0. The molecule has 126 valence electrons. The van der Waals surface area contributed by atoms with E-state index in [0.717, 1.165) is 11.6 Å². The summed E-state index contributed by atoms with van der Waals surface area (Å²) in [6, 6.07) is 9.73. The number of carbonyl (C=O) groups is 1. The molecule has 0 saturated carbocycles. The number of aromatic nitrogens is 2. The van der Waals surface area contributed by atoms with Crippen molar-refractivity contribution in [3.05, 3.63) is 65.2 Å². The molecule has 3 aromatic rings. The lowest BCUT2D eigenvalue weighted by Crippen LogP contribution is -2.06. The van der Waals surface area contributed by atoms with Crippen LogP contribution in [0.15, 0.2) is 42.5 Å². The van der Waals surface area contributed by atoms with Crippen LogP contribution >= 0.6 is 0 Å². The normalized spacial score (nSPS) is 12.7. The van der Waals surface area contributed by atoms with E-state index in [2.05, 4.69) is 10.4 Å². The lowest BCUT2D eigenvalue weighted by atomic mass is 10.1. The molecule has 0 radical (unpaired) electrons. The lowest BCUT2D eigenvalue weighted by Gasteiger charge is -2.07. The van der Waals surface area contributed by atoms with Crippen molar-refractivity contribution in [3.8, 4) is 16.9 Å². The molecule has 2 N–H and O–H groups in total. The minimum atomic E-state index is -1.04. The van der Waals surface area contributed by atoms with E-state index in [1.54, 1.807) is 16.8 Å². The zero-order chi connectivity index (χ0) is 17.6. The Labute approximate surface area is 141 Å². The Morgan fingerprint density at radius 1 is 1.20 bits per heavy atom. The molecule has 7 heteroatoms. The number of hydrogen-bond donors (Lipinski definition) is 2. The van der Waals surface area contributed by atoms with Crippen molar-refractivity contribution in [3.63, 3.8) is 0 Å². The van der Waals surface area contributed by atoms with Gasteiger partial charge in [-0.2, -0.15) is 5.10 Å². The molecule has 25 heavy (non-hydrogen) atoms. The van der Waals surface area contributed by atoms with Gasteiger partial charge in [-0.15, -0.1) is 0 Å². The predicted octanol–water partition coefficient (Wildman–Crippen LogP) is 3.48. The summed E-state index contributed by atoms with van der Waals surface area (Å²) in [6.45, 7) is 0.668. The number of fused-ring (bicyclic) bond motifs is 1. The molecule has 2 heterocycles. The van der Waals surface area contributed by atoms with Crippen LogP contribution < -0.4 is 5.32 Å². The minimum absolute atomic E-state index is 0.134. The maximum atomic E-state index is 14.2. The van der Waals surface area contributed by atoms with Gasteiger partial charge in [0.1, 0.15) is 23.1 Å². The van der Waals surface area contributed by atoms with Crippen molar-refractivity contribution < 1.29 is 18.7 Å². The first-order chi connectivity index (χ1) is 12.0. The third kappa shape index (κ3) is 2.53. The summed E-state index contributed by atoms with van der Waals surface area (Å²) in [5.74, 6) is -1.67. The molecule has 1 aromatic heterocycles. The fourth-order valence-electron chi connectivity index (χ4n) is 3.03. The number of aromatic carboxylic acids is 1. The summed E-state index contributed by atoms with van der Waals surface area (Å²) >= 11 is 0. The number of nitrogens with zero attached hydrogens (tertiary/aromatic N) is 2. The van der Waals surface area contributed by atoms with Crippen LogP contribution in [-0.4, -0.2) is 27.4 Å². The summed E-state index contributed by atoms with van der Waals surface area (Å²) in [5.41, 5.74) is 2.16. The van der Waals surface area contributed by atoms with Crippen molar-refractivity contribution in [2.75, 3.05) is 11.9 Å². The predicted molar refractivity (Wildman–Crippen MR) is 88.1 cm³/mol. The Bertz CT molecular complexity index is 998. The number of carboxylic acid groups (broad SMARTS) is 1. The molecular weight excluding hydrogens is 328 g/mol. The van der Waals surface area contributed by atoms with Crippen LogP contribution in [0.2, 0.25) is 0 Å². The van der Waals surface area contributed by atoms with Crippen LogP contribution in [0.1, 0.15) is 15.9 Å². The van der Waals surface area contributed by atoms with Crippen molar-refractivity contribution >= 4 is 11.8 Å². The van der Waals surface area contributed by atoms with Crippen molar-refractivity contribution in [1.29, 1.82) is 0 Å². The molecule has 0 atom stereocenters. The van der Waals surface area contributed by atoms with Gasteiger partial charge in [0.2, 0.25) is 0 Å². The fraction of sp³-hybridized carbons (Fsp3) is 0.111. The zero-order valence-electron chi connectivity index (χ0n) is 13.0. The molecule has 1 aliphatic heterocycles. The number of benzene rings is 2. The molecule has 0 aliphatic carbocycles. The summed E-state index contributed by atoms with van der Waals surface area (Å²) in [4.78, 5) is 11.2. The third-order valence-electron chi connectivity index (χ3n) is 4.17. The van der Waals surface area contributed by atoms with E-state index < -0.39 is 17.6 Å². The summed E-state index contributed by atoms with van der Waals surface area (Å²) < 4.78 is 29.0. The molecule has 0 saturated heterocycles. The highest BCUT2D eigenvalue weighted by Crippen LogP contribution is 2.35. The topological polar surface area (TPSA) is 67.1 Å². The van der Waals surface area contributed by atoms with E-state index >= 15 is 0 Å². The Morgan fingerprint density at radius 2 is 2.04 bits per heavy atom. The highest BCUT2D eigenvalue weighted by atomic mass is 19.1. The molecule has 2 aromatic carbocycles. The molecule has 0 bridgehead atoms. The number of hydrogen-bond acceptors (Lipinski definition) is 3. The quantitative estimate of drug-likeness (QED) is 0.765. The van der Waals surface area contributed by atoms with Crippen molar-refractivity contribution in [2.45, 2.75) is 6.42 Å². The second-order valence-corrected chi connectivity index (χ2v) is 5.74. The van der Waals surface area contributed by atoms with Crippen molar-refractivity contribution in [1.82, 2.24) is 9.78 Å². The largest absolute Gasteiger partial charge is 0.478 e. The van der Waals surface area contributed by atoms with Gasteiger partial charge >= 0.3 is 5.97 Å². The molecule has 0 amide bonds. The van der Waals surface area contributed by atoms with E-state index in [0.29, 0.717) is 30.2 Å². The van der Waals surface area contributed by atoms with Crippen LogP contribution in [0, 0.1) is 11.6 Å². The van der Waals surface area contributed by atoms with Gasteiger partial charge in [-0.3, -0.25) is 0 Å². The molecule has 4 rings (SSSR count). The van der Waals surface area contributed by atoms with Crippen LogP contribution in [0.4, 0.5) is 14.6 Å². The van der Waals surface area contributed by atoms with E-state index in [-0.39, 0.29) is 11.1 Å². The van der Waals surface area contributed by atoms with E-state index in [9.17, 15) is 13.6 Å². The Morgan fingerprint density at radius 3 is 2.80 bits per heavy atom. The van der Waals surface area contributed by atoms with E-state index in [1.807, 2.05) is 0 Å². The number of halogens is 2. The fourth-order valence-corrected chi connectivity index (χ4v) is 3.03. The van der Waals surface area contributed by atoms with Gasteiger partial charge in [0, 0.05) is 23.7 Å². The second-order valence-electron chi connectivity index (χ2n) is 5.74. The van der Waals surface area contributed by atoms with Gasteiger partial charge in [-0.05, 0) is 36.8 Å². The molecule has 5 nitrogen and oxygen atoms in total. The van der Waals surface area contributed by atoms with Gasteiger partial charge in [-0.25, -0.2) is 18.3 Å². The highest BCUT2D eigenvalue weighted by Gasteiger charge is 2.25. The van der Waals surface area contributed by atoms with Gasteiger partial charge in [-0.1, -0.05) is 6.07 Å². The summed E-state index contributed by atoms with van der Waals surface area (Å²) in [6.07, 6.45) is 0.653. The van der Waals surface area contributed by atoms with Crippen LogP contribution in [0.25, 0.3) is 16.9 Å². The number of carboxylic acids is 1. The van der Waals surface area contributed by atoms with Gasteiger partial charge in [0.25, 0.3) is 0 Å². The van der Waals surface area contributed by atoms with E-state index in [4.69, 9.17) is 5.11 Å². The first kappa shape index (κ1) is 15.3. The SMILES string of the molecule is O=C(O)c1cccc(-n2nc(-c3ccc(F)cc3F)c3c2NCC3)c1. The Balaban J connectivity index is 1.89. The average molecular weight is 341 g/mol. The molecular formula is C18H13F2N3O2. The number of rotatable bonds is 3. The maximum Gasteiger partial charge on any atom is 0.335 e. The number of anilines is 1. The molecule has 0 fully saturated rings. The standard InChI is InChI=1S/C18H13F2N3O2/c19-11-4-5-13(15(20)9-11)16-14-6-7-21-17(14)23(22-16)12-3-1-2-10(8-12)18(24)25/h1-5,8-9,21H,6-7H2,(H,24,25).